The van der Waals surface area contributed by atoms with E-state index < -0.39 is 0 Å². The SMILES string of the molecule is Cc1cc(C(=O)Nc2cc(Cl)c(Cl)cc2N)n(C)n1. The molecular formula is C12H12Cl2N4O. The fourth-order valence-electron chi connectivity index (χ4n) is 1.68. The van der Waals surface area contributed by atoms with Crippen LogP contribution in [0.5, 0.6) is 0 Å². The second-order valence-electron chi connectivity index (χ2n) is 4.10. The highest BCUT2D eigenvalue weighted by Crippen LogP contribution is 2.30. The van der Waals surface area contributed by atoms with E-state index in [1.54, 1.807) is 13.1 Å². The van der Waals surface area contributed by atoms with E-state index in [2.05, 4.69) is 10.4 Å². The van der Waals surface area contributed by atoms with Crippen LogP contribution in [0.25, 0.3) is 0 Å². The number of rotatable bonds is 2. The number of aromatic nitrogens is 2. The highest BCUT2D eigenvalue weighted by Gasteiger charge is 2.14. The Labute approximate surface area is 120 Å². The smallest absolute Gasteiger partial charge is 0.273 e. The molecule has 0 saturated carbocycles. The van der Waals surface area contributed by atoms with E-state index in [9.17, 15) is 4.79 Å². The number of hydrogen-bond donors (Lipinski definition) is 2. The van der Waals surface area contributed by atoms with Gasteiger partial charge in [0.25, 0.3) is 5.91 Å². The molecule has 0 atom stereocenters. The van der Waals surface area contributed by atoms with Crippen molar-refractivity contribution >= 4 is 40.5 Å². The minimum Gasteiger partial charge on any atom is -0.397 e. The number of carbonyl (C=O) groups excluding carboxylic acids is 1. The first-order chi connectivity index (χ1) is 8.88. The zero-order valence-electron chi connectivity index (χ0n) is 10.4. The predicted molar refractivity (Wildman–Crippen MR) is 76.8 cm³/mol. The van der Waals surface area contributed by atoms with Gasteiger partial charge in [0, 0.05) is 7.05 Å². The van der Waals surface area contributed by atoms with Crippen LogP contribution >= 0.6 is 23.2 Å². The van der Waals surface area contributed by atoms with Crippen LogP contribution in [0.2, 0.25) is 10.0 Å². The lowest BCUT2D eigenvalue weighted by atomic mass is 10.2. The van der Waals surface area contributed by atoms with Crippen LogP contribution in [0, 0.1) is 6.92 Å². The van der Waals surface area contributed by atoms with Crippen LogP contribution in [0.3, 0.4) is 0 Å². The molecule has 2 rings (SSSR count). The van der Waals surface area contributed by atoms with E-state index in [1.165, 1.54) is 16.8 Å². The van der Waals surface area contributed by atoms with Gasteiger partial charge in [-0.3, -0.25) is 9.48 Å². The Kier molecular flexibility index (Phi) is 3.68. The van der Waals surface area contributed by atoms with E-state index in [1.807, 2.05) is 6.92 Å². The zero-order valence-corrected chi connectivity index (χ0v) is 11.9. The minimum absolute atomic E-state index is 0.312. The first-order valence-corrected chi connectivity index (χ1v) is 6.20. The van der Waals surface area contributed by atoms with Crippen LogP contribution in [0.4, 0.5) is 11.4 Å². The molecule has 2 aromatic rings. The van der Waals surface area contributed by atoms with Crippen molar-refractivity contribution in [3.63, 3.8) is 0 Å². The number of carbonyl (C=O) groups is 1. The molecule has 0 fully saturated rings. The van der Waals surface area contributed by atoms with Crippen molar-refractivity contribution in [1.29, 1.82) is 0 Å². The third-order valence-corrected chi connectivity index (χ3v) is 3.30. The summed E-state index contributed by atoms with van der Waals surface area (Å²) in [5.74, 6) is -0.312. The highest BCUT2D eigenvalue weighted by atomic mass is 35.5. The summed E-state index contributed by atoms with van der Waals surface area (Å²) in [4.78, 5) is 12.1. The van der Waals surface area contributed by atoms with Gasteiger partial charge < -0.3 is 11.1 Å². The van der Waals surface area contributed by atoms with E-state index in [0.717, 1.165) is 5.69 Å². The number of amides is 1. The fourth-order valence-corrected chi connectivity index (χ4v) is 2.02. The summed E-state index contributed by atoms with van der Waals surface area (Å²) < 4.78 is 1.50. The van der Waals surface area contributed by atoms with Gasteiger partial charge in [-0.05, 0) is 25.1 Å². The summed E-state index contributed by atoms with van der Waals surface area (Å²) in [7, 11) is 1.69. The van der Waals surface area contributed by atoms with Crippen LogP contribution in [0.1, 0.15) is 16.2 Å². The Bertz CT molecular complexity index is 651. The van der Waals surface area contributed by atoms with Gasteiger partial charge in [0.15, 0.2) is 0 Å². The first kappa shape index (κ1) is 13.7. The van der Waals surface area contributed by atoms with Crippen molar-refractivity contribution in [3.8, 4) is 0 Å². The topological polar surface area (TPSA) is 72.9 Å². The van der Waals surface area contributed by atoms with Crippen molar-refractivity contribution in [3.05, 3.63) is 39.6 Å². The maximum atomic E-state index is 12.1. The van der Waals surface area contributed by atoms with Crippen LogP contribution in [-0.2, 0) is 7.05 Å². The average Bonchev–Trinajstić information content (AvgIpc) is 2.65. The lowest BCUT2D eigenvalue weighted by Crippen LogP contribution is -2.17. The second kappa shape index (κ2) is 5.11. The number of benzene rings is 1. The molecule has 100 valence electrons. The number of nitrogens with zero attached hydrogens (tertiary/aromatic N) is 2. The van der Waals surface area contributed by atoms with Gasteiger partial charge in [-0.15, -0.1) is 0 Å². The summed E-state index contributed by atoms with van der Waals surface area (Å²) in [6, 6.07) is 4.69. The molecule has 3 N–H and O–H groups in total. The molecule has 1 amide bonds. The Morgan fingerprint density at radius 1 is 1.32 bits per heavy atom. The van der Waals surface area contributed by atoms with Crippen LogP contribution in [0.15, 0.2) is 18.2 Å². The third kappa shape index (κ3) is 2.83. The van der Waals surface area contributed by atoms with Crippen molar-refractivity contribution in [2.45, 2.75) is 6.92 Å². The van der Waals surface area contributed by atoms with Gasteiger partial charge in [0.1, 0.15) is 5.69 Å². The molecule has 0 bridgehead atoms. The number of nitrogens with two attached hydrogens (primary N) is 1. The van der Waals surface area contributed by atoms with E-state index in [-0.39, 0.29) is 5.91 Å². The Hall–Kier alpha value is -1.72. The van der Waals surface area contributed by atoms with Gasteiger partial charge in [0.05, 0.1) is 27.1 Å². The van der Waals surface area contributed by atoms with Crippen molar-refractivity contribution in [2.24, 2.45) is 7.05 Å². The summed E-state index contributed by atoms with van der Waals surface area (Å²) in [6.07, 6.45) is 0. The van der Waals surface area contributed by atoms with E-state index >= 15 is 0 Å². The highest BCUT2D eigenvalue weighted by molar-refractivity contribution is 6.42. The van der Waals surface area contributed by atoms with Gasteiger partial charge in [-0.1, -0.05) is 23.2 Å². The molecule has 0 unspecified atom stereocenters. The predicted octanol–water partition coefficient (Wildman–Crippen LogP) is 2.87. The maximum absolute atomic E-state index is 12.1. The lowest BCUT2D eigenvalue weighted by molar-refractivity contribution is 0.101. The largest absolute Gasteiger partial charge is 0.397 e. The molecule has 1 aromatic heterocycles. The van der Waals surface area contributed by atoms with E-state index in [0.29, 0.717) is 27.1 Å². The third-order valence-electron chi connectivity index (χ3n) is 2.58. The summed E-state index contributed by atoms with van der Waals surface area (Å²) >= 11 is 11.7. The molecule has 0 aliphatic rings. The van der Waals surface area contributed by atoms with Crippen molar-refractivity contribution in [2.75, 3.05) is 11.1 Å². The van der Waals surface area contributed by atoms with Crippen LogP contribution in [-0.4, -0.2) is 15.7 Å². The number of nitrogen functional groups attached to an aromatic ring is 1. The number of hydrogen-bond acceptors (Lipinski definition) is 3. The molecule has 7 heteroatoms. The molecule has 0 radical (unpaired) electrons. The Morgan fingerprint density at radius 3 is 2.53 bits per heavy atom. The maximum Gasteiger partial charge on any atom is 0.273 e. The monoisotopic (exact) mass is 298 g/mol. The first-order valence-electron chi connectivity index (χ1n) is 5.45. The quantitative estimate of drug-likeness (QED) is 0.837. The standard InChI is InChI=1S/C12H12Cl2N4O/c1-6-3-11(18(2)17-6)12(19)16-10-5-8(14)7(13)4-9(10)15/h3-5H,15H2,1-2H3,(H,16,19). The molecule has 19 heavy (non-hydrogen) atoms. The Morgan fingerprint density at radius 2 is 1.95 bits per heavy atom. The molecule has 0 saturated heterocycles. The van der Waals surface area contributed by atoms with Gasteiger partial charge in [0.2, 0.25) is 0 Å². The van der Waals surface area contributed by atoms with Crippen LogP contribution < -0.4 is 11.1 Å². The van der Waals surface area contributed by atoms with Gasteiger partial charge in [-0.2, -0.15) is 5.10 Å². The zero-order chi connectivity index (χ0) is 14.2. The Balaban J connectivity index is 2.29. The molecule has 0 aliphatic carbocycles. The summed E-state index contributed by atoms with van der Waals surface area (Å²) in [5.41, 5.74) is 7.74. The minimum atomic E-state index is -0.312. The molecule has 0 spiro atoms. The molecule has 0 aliphatic heterocycles. The fraction of sp³-hybridized carbons (Fsp3) is 0.167. The number of aryl methyl sites for hydroxylation is 2. The van der Waals surface area contributed by atoms with Crippen molar-refractivity contribution < 1.29 is 4.79 Å². The summed E-state index contributed by atoms with van der Waals surface area (Å²) in [5, 5.41) is 7.45. The number of anilines is 2. The van der Waals surface area contributed by atoms with E-state index in [4.69, 9.17) is 28.9 Å². The molecular weight excluding hydrogens is 287 g/mol. The second-order valence-corrected chi connectivity index (χ2v) is 4.92. The normalized spacial score (nSPS) is 10.5. The number of nitrogens with one attached hydrogen (secondary N) is 1. The molecule has 1 aromatic carbocycles. The number of halogens is 2. The van der Waals surface area contributed by atoms with Gasteiger partial charge in [-0.25, -0.2) is 0 Å². The molecule has 5 nitrogen and oxygen atoms in total. The van der Waals surface area contributed by atoms with Crippen molar-refractivity contribution in [1.82, 2.24) is 9.78 Å². The summed E-state index contributed by atoms with van der Waals surface area (Å²) in [6.45, 7) is 1.81. The lowest BCUT2D eigenvalue weighted by Gasteiger charge is -2.09. The average molecular weight is 299 g/mol. The van der Waals surface area contributed by atoms with Gasteiger partial charge >= 0.3 is 0 Å². The molecule has 1 heterocycles.